The Morgan fingerprint density at radius 1 is 1.00 bits per heavy atom. The molecule has 0 saturated heterocycles. The largest absolute Gasteiger partial charge is 0.350 e. The summed E-state index contributed by atoms with van der Waals surface area (Å²) in [7, 11) is -4.16. The highest BCUT2D eigenvalue weighted by Gasteiger charge is 2.48. The Morgan fingerprint density at radius 3 is 1.74 bits per heavy atom. The van der Waals surface area contributed by atoms with Crippen LogP contribution < -0.4 is 5.32 Å². The van der Waals surface area contributed by atoms with Crippen LogP contribution in [0, 0.1) is 16.2 Å². The monoisotopic (exact) mass is 349 g/mol. The topological polar surface area (TPSA) is 83.5 Å². The summed E-state index contributed by atoms with van der Waals surface area (Å²) in [4.78, 5) is 13.0. The van der Waals surface area contributed by atoms with Crippen molar-refractivity contribution in [2.45, 2.75) is 80.7 Å². The van der Waals surface area contributed by atoms with Gasteiger partial charge in [-0.3, -0.25) is 9.35 Å². The van der Waals surface area contributed by atoms with Gasteiger partial charge in [0.15, 0.2) is 0 Å². The Bertz CT molecular complexity index is 529. The fourth-order valence-corrected chi connectivity index (χ4v) is 3.69. The third-order valence-corrected chi connectivity index (χ3v) is 6.03. The molecule has 0 aliphatic rings. The quantitative estimate of drug-likeness (QED) is 0.687. The number of hydrogen-bond acceptors (Lipinski definition) is 3. The summed E-state index contributed by atoms with van der Waals surface area (Å²) in [5.41, 5.74) is -2.00. The summed E-state index contributed by atoms with van der Waals surface area (Å²) in [6.45, 7) is 17.6. The lowest BCUT2D eigenvalue weighted by atomic mass is 9.60. The van der Waals surface area contributed by atoms with Gasteiger partial charge in [0, 0.05) is 0 Å². The third kappa shape index (κ3) is 6.79. The van der Waals surface area contributed by atoms with E-state index in [0.717, 1.165) is 6.42 Å². The van der Waals surface area contributed by atoms with E-state index in [4.69, 9.17) is 4.55 Å². The summed E-state index contributed by atoms with van der Waals surface area (Å²) in [5, 5.41) is 2.83. The van der Waals surface area contributed by atoms with Crippen molar-refractivity contribution in [1.82, 2.24) is 5.32 Å². The first-order valence-corrected chi connectivity index (χ1v) is 9.74. The molecule has 0 aromatic heterocycles. The predicted octanol–water partition coefficient (Wildman–Crippen LogP) is 3.65. The summed E-state index contributed by atoms with van der Waals surface area (Å²) >= 11 is 0. The molecule has 0 rings (SSSR count). The number of carbonyl (C=O) groups is 1. The molecule has 1 amide bonds. The number of hydrogen-bond donors (Lipinski definition) is 2. The lowest BCUT2D eigenvalue weighted by Crippen LogP contribution is -2.57. The van der Waals surface area contributed by atoms with Crippen LogP contribution in [0.1, 0.15) is 75.2 Å². The maximum absolute atomic E-state index is 13.0. The smallest absolute Gasteiger partial charge is 0.267 e. The van der Waals surface area contributed by atoms with Gasteiger partial charge in [-0.15, -0.1) is 0 Å². The van der Waals surface area contributed by atoms with Gasteiger partial charge >= 0.3 is 0 Å². The van der Waals surface area contributed by atoms with Crippen molar-refractivity contribution in [2.24, 2.45) is 16.2 Å². The Kier molecular flexibility index (Phi) is 6.53. The molecule has 5 nitrogen and oxygen atoms in total. The molecule has 138 valence electrons. The fraction of sp³-hybridized carbons (Fsp3) is 0.941. The van der Waals surface area contributed by atoms with Crippen LogP contribution in [0.5, 0.6) is 0 Å². The lowest BCUT2D eigenvalue weighted by Gasteiger charge is -2.46. The molecule has 0 bridgehead atoms. The zero-order valence-electron chi connectivity index (χ0n) is 16.2. The predicted molar refractivity (Wildman–Crippen MR) is 94.9 cm³/mol. The molecule has 1 unspecified atom stereocenters. The second-order valence-electron chi connectivity index (χ2n) is 9.34. The minimum Gasteiger partial charge on any atom is -0.350 e. The molecular formula is C17H35NO4S. The molecule has 6 heteroatoms. The first kappa shape index (κ1) is 22.4. The van der Waals surface area contributed by atoms with E-state index < -0.39 is 26.8 Å². The molecule has 1 atom stereocenters. The molecule has 0 aromatic rings. The molecule has 23 heavy (non-hydrogen) atoms. The minimum atomic E-state index is -4.16. The summed E-state index contributed by atoms with van der Waals surface area (Å²) in [5.74, 6) is -0.691. The van der Waals surface area contributed by atoms with E-state index >= 15 is 0 Å². The Morgan fingerprint density at radius 2 is 1.43 bits per heavy atom. The second-order valence-corrected chi connectivity index (χ2v) is 10.8. The zero-order chi connectivity index (χ0) is 18.9. The highest BCUT2D eigenvalue weighted by atomic mass is 32.2. The van der Waals surface area contributed by atoms with Crippen LogP contribution in [0.2, 0.25) is 0 Å². The van der Waals surface area contributed by atoms with E-state index in [-0.39, 0.29) is 16.7 Å². The SMILES string of the molecule is CCC(C)(C)CC(C)(C(=O)NC(C)(C)CS(=O)(=O)O)C(C)(C)C. The van der Waals surface area contributed by atoms with Crippen molar-refractivity contribution in [2.75, 3.05) is 5.75 Å². The molecule has 0 saturated carbocycles. The van der Waals surface area contributed by atoms with Crippen LogP contribution in [-0.2, 0) is 14.9 Å². The van der Waals surface area contributed by atoms with Gasteiger partial charge < -0.3 is 5.32 Å². The molecule has 0 aliphatic carbocycles. The second kappa shape index (κ2) is 6.71. The number of carbonyl (C=O) groups excluding carboxylic acids is 1. The number of nitrogens with one attached hydrogen (secondary N) is 1. The zero-order valence-corrected chi connectivity index (χ0v) is 17.0. The molecule has 0 aliphatic heterocycles. The molecule has 0 fully saturated rings. The van der Waals surface area contributed by atoms with Crippen molar-refractivity contribution in [1.29, 1.82) is 0 Å². The summed E-state index contributed by atoms with van der Waals surface area (Å²) in [6.07, 6.45) is 1.63. The molecule has 0 aromatic carbocycles. The van der Waals surface area contributed by atoms with Gasteiger partial charge in [0.05, 0.1) is 16.7 Å². The van der Waals surface area contributed by atoms with E-state index in [1.54, 1.807) is 13.8 Å². The van der Waals surface area contributed by atoms with E-state index in [2.05, 4.69) is 26.1 Å². The average molecular weight is 350 g/mol. The maximum Gasteiger partial charge on any atom is 0.267 e. The summed E-state index contributed by atoms with van der Waals surface area (Å²) in [6, 6.07) is 0. The highest BCUT2D eigenvalue weighted by Crippen LogP contribution is 2.48. The van der Waals surface area contributed by atoms with Crippen molar-refractivity contribution in [3.63, 3.8) is 0 Å². The van der Waals surface area contributed by atoms with Gasteiger partial charge in [-0.05, 0) is 31.1 Å². The third-order valence-electron chi connectivity index (χ3n) is 4.94. The van der Waals surface area contributed by atoms with E-state index in [9.17, 15) is 13.2 Å². The normalized spacial score (nSPS) is 16.8. The van der Waals surface area contributed by atoms with E-state index in [1.807, 2.05) is 27.7 Å². The average Bonchev–Trinajstić information content (AvgIpc) is 2.22. The van der Waals surface area contributed by atoms with Crippen LogP contribution in [-0.4, -0.2) is 30.2 Å². The van der Waals surface area contributed by atoms with Crippen molar-refractivity contribution in [3.8, 4) is 0 Å². The summed E-state index contributed by atoms with van der Waals surface area (Å²) < 4.78 is 31.4. The van der Waals surface area contributed by atoms with Crippen LogP contribution in [0.25, 0.3) is 0 Å². The molecule has 2 N–H and O–H groups in total. The van der Waals surface area contributed by atoms with Gasteiger partial charge in [0.2, 0.25) is 5.91 Å². The fourth-order valence-electron chi connectivity index (χ4n) is 2.71. The van der Waals surface area contributed by atoms with Gasteiger partial charge in [-0.2, -0.15) is 8.42 Å². The van der Waals surface area contributed by atoms with E-state index in [0.29, 0.717) is 6.42 Å². The first-order chi connectivity index (χ1) is 9.85. The minimum absolute atomic E-state index is 0.00737. The van der Waals surface area contributed by atoms with Crippen molar-refractivity contribution < 1.29 is 17.8 Å². The molecule has 0 radical (unpaired) electrons. The highest BCUT2D eigenvalue weighted by molar-refractivity contribution is 7.85. The van der Waals surface area contributed by atoms with Crippen molar-refractivity contribution >= 4 is 16.0 Å². The Labute approximate surface area is 142 Å². The Balaban J connectivity index is 5.57. The standard InChI is InChI=1S/C17H35NO4S/c1-10-15(5,6)11-17(9,14(2,3)4)13(19)18-16(7,8)12-23(20,21)22/h10-12H2,1-9H3,(H,18,19)(H,20,21,22). The maximum atomic E-state index is 13.0. The van der Waals surface area contributed by atoms with Crippen LogP contribution in [0.3, 0.4) is 0 Å². The lowest BCUT2D eigenvalue weighted by molar-refractivity contribution is -0.140. The van der Waals surface area contributed by atoms with Crippen molar-refractivity contribution in [3.05, 3.63) is 0 Å². The van der Waals surface area contributed by atoms with Crippen LogP contribution >= 0.6 is 0 Å². The number of rotatable bonds is 7. The molecule has 0 spiro atoms. The van der Waals surface area contributed by atoms with Crippen LogP contribution in [0.4, 0.5) is 0 Å². The van der Waals surface area contributed by atoms with Gasteiger partial charge in [0.1, 0.15) is 0 Å². The number of amides is 1. The van der Waals surface area contributed by atoms with Gasteiger partial charge in [0.25, 0.3) is 10.1 Å². The van der Waals surface area contributed by atoms with E-state index in [1.165, 1.54) is 0 Å². The molecule has 0 heterocycles. The van der Waals surface area contributed by atoms with Crippen LogP contribution in [0.15, 0.2) is 0 Å². The first-order valence-electron chi connectivity index (χ1n) is 8.13. The Hall–Kier alpha value is -0.620. The molecular weight excluding hydrogens is 314 g/mol. The van der Waals surface area contributed by atoms with Gasteiger partial charge in [-0.1, -0.05) is 54.9 Å². The van der Waals surface area contributed by atoms with Gasteiger partial charge in [-0.25, -0.2) is 0 Å².